The van der Waals surface area contributed by atoms with Gasteiger partial charge in [0.25, 0.3) is 26.0 Å². The number of fused-ring (bicyclic) bond motifs is 1. The van der Waals surface area contributed by atoms with Gasteiger partial charge in [0.15, 0.2) is 11.5 Å². The number of aryl methyl sites for hydroxylation is 1. The van der Waals surface area contributed by atoms with Crippen molar-refractivity contribution in [2.45, 2.75) is 36.5 Å². The van der Waals surface area contributed by atoms with Crippen LogP contribution >= 0.6 is 0 Å². The SMILES string of the molecule is CCCN(S(=O)(=O)c1ccc(C)cc1)S(=O)(=O)c1cccc(C(=O)Nc2ccc3c(c2)OCCCO3)c1. The van der Waals surface area contributed by atoms with E-state index in [-0.39, 0.29) is 28.3 Å². The third-order valence-electron chi connectivity index (χ3n) is 5.66. The lowest BCUT2D eigenvalue weighted by atomic mass is 10.2. The first-order chi connectivity index (χ1) is 17.6. The fourth-order valence-corrected chi connectivity index (χ4v) is 7.61. The smallest absolute Gasteiger partial charge is 0.256 e. The van der Waals surface area contributed by atoms with Gasteiger partial charge in [-0.25, -0.2) is 16.8 Å². The summed E-state index contributed by atoms with van der Waals surface area (Å²) in [6.45, 7) is 4.27. The van der Waals surface area contributed by atoms with Crippen molar-refractivity contribution in [2.24, 2.45) is 0 Å². The number of amides is 1. The Hall–Kier alpha value is -3.41. The quantitative estimate of drug-likeness (QED) is 0.451. The molecule has 0 spiro atoms. The largest absolute Gasteiger partial charge is 0.490 e. The van der Waals surface area contributed by atoms with E-state index in [1.54, 1.807) is 44.2 Å². The lowest BCUT2D eigenvalue weighted by Crippen LogP contribution is -2.37. The highest BCUT2D eigenvalue weighted by molar-refractivity contribution is 8.04. The Balaban J connectivity index is 1.62. The fourth-order valence-electron chi connectivity index (χ4n) is 3.74. The molecule has 0 aliphatic carbocycles. The number of carbonyl (C=O) groups excluding carboxylic acids is 1. The molecule has 3 aromatic carbocycles. The van der Waals surface area contributed by atoms with Crippen LogP contribution < -0.4 is 14.8 Å². The van der Waals surface area contributed by atoms with Gasteiger partial charge in [0, 0.05) is 30.3 Å². The van der Waals surface area contributed by atoms with Crippen LogP contribution in [0.5, 0.6) is 11.5 Å². The summed E-state index contributed by atoms with van der Waals surface area (Å²) in [5.41, 5.74) is 1.34. The van der Waals surface area contributed by atoms with Crippen LogP contribution in [-0.4, -0.2) is 46.2 Å². The molecule has 9 nitrogen and oxygen atoms in total. The Morgan fingerprint density at radius 2 is 1.54 bits per heavy atom. The van der Waals surface area contributed by atoms with Crippen molar-refractivity contribution in [3.05, 3.63) is 77.9 Å². The van der Waals surface area contributed by atoms with E-state index in [9.17, 15) is 21.6 Å². The molecule has 0 radical (unpaired) electrons. The molecule has 11 heteroatoms. The number of sulfonamides is 2. The van der Waals surface area contributed by atoms with Gasteiger partial charge in [-0.3, -0.25) is 4.79 Å². The summed E-state index contributed by atoms with van der Waals surface area (Å²) in [5, 5.41) is 2.72. The van der Waals surface area contributed by atoms with E-state index in [4.69, 9.17) is 9.47 Å². The van der Waals surface area contributed by atoms with Crippen LogP contribution in [0, 0.1) is 6.92 Å². The highest BCUT2D eigenvalue weighted by Gasteiger charge is 2.36. The molecule has 0 fully saturated rings. The van der Waals surface area contributed by atoms with Gasteiger partial charge in [-0.2, -0.15) is 0 Å². The molecule has 37 heavy (non-hydrogen) atoms. The maximum atomic E-state index is 13.5. The van der Waals surface area contributed by atoms with Crippen LogP contribution in [0.4, 0.5) is 5.69 Å². The van der Waals surface area contributed by atoms with Gasteiger partial charge in [0.05, 0.1) is 23.0 Å². The fraction of sp³-hybridized carbons (Fsp3) is 0.269. The van der Waals surface area contributed by atoms with Gasteiger partial charge in [-0.15, -0.1) is 0 Å². The third-order valence-corrected chi connectivity index (χ3v) is 9.99. The second-order valence-electron chi connectivity index (χ2n) is 8.51. The van der Waals surface area contributed by atoms with Crippen LogP contribution in [0.25, 0.3) is 0 Å². The van der Waals surface area contributed by atoms with Crippen molar-refractivity contribution in [1.82, 2.24) is 3.71 Å². The number of carbonyl (C=O) groups is 1. The average molecular weight is 545 g/mol. The molecule has 0 aromatic heterocycles. The van der Waals surface area contributed by atoms with Crippen molar-refractivity contribution in [1.29, 1.82) is 0 Å². The summed E-state index contributed by atoms with van der Waals surface area (Å²) >= 11 is 0. The van der Waals surface area contributed by atoms with E-state index in [2.05, 4.69) is 5.32 Å². The topological polar surface area (TPSA) is 119 Å². The molecular formula is C26H28N2O7S2. The Morgan fingerprint density at radius 1 is 0.865 bits per heavy atom. The molecule has 1 amide bonds. The normalized spacial score (nSPS) is 13.7. The molecule has 196 valence electrons. The molecule has 0 saturated carbocycles. The number of anilines is 1. The van der Waals surface area contributed by atoms with Crippen LogP contribution in [-0.2, 0) is 20.0 Å². The summed E-state index contributed by atoms with van der Waals surface area (Å²) in [6.07, 6.45) is 1.01. The lowest BCUT2D eigenvalue weighted by Gasteiger charge is -2.22. The van der Waals surface area contributed by atoms with Crippen LogP contribution in [0.3, 0.4) is 0 Å². The first kappa shape index (κ1) is 26.6. The maximum absolute atomic E-state index is 13.5. The molecular weight excluding hydrogens is 516 g/mol. The Bertz CT molecular complexity index is 1500. The van der Waals surface area contributed by atoms with E-state index < -0.39 is 26.0 Å². The molecule has 0 bridgehead atoms. The van der Waals surface area contributed by atoms with Crippen LogP contribution in [0.2, 0.25) is 0 Å². The zero-order valence-electron chi connectivity index (χ0n) is 20.5. The standard InChI is InChI=1S/C26H28N2O7S2/c1-3-14-28(36(30,31)22-11-8-19(2)9-12-22)37(32,33)23-7-4-6-20(17-23)26(29)27-21-10-13-24-25(18-21)35-16-5-15-34-24/h4,6-13,17-18H,3,5,14-16H2,1-2H3,(H,27,29). The number of rotatable bonds is 8. The maximum Gasteiger partial charge on any atom is 0.256 e. The second kappa shape index (κ2) is 10.9. The number of ether oxygens (including phenoxy) is 2. The lowest BCUT2D eigenvalue weighted by molar-refractivity contribution is 0.102. The molecule has 0 atom stereocenters. The first-order valence-corrected chi connectivity index (χ1v) is 14.7. The number of nitrogens with zero attached hydrogens (tertiary/aromatic N) is 1. The summed E-state index contributed by atoms with van der Waals surface area (Å²) in [5.74, 6) is 0.521. The van der Waals surface area contributed by atoms with E-state index in [0.717, 1.165) is 12.0 Å². The van der Waals surface area contributed by atoms with E-state index in [1.165, 1.54) is 36.4 Å². The molecule has 1 N–H and O–H groups in total. The molecule has 0 unspecified atom stereocenters. The van der Waals surface area contributed by atoms with Gasteiger partial charge in [0.1, 0.15) is 0 Å². The molecule has 1 heterocycles. The first-order valence-electron chi connectivity index (χ1n) is 11.8. The van der Waals surface area contributed by atoms with Crippen molar-refractivity contribution >= 4 is 31.6 Å². The minimum atomic E-state index is -4.50. The van der Waals surface area contributed by atoms with Gasteiger partial charge in [-0.05, 0) is 55.8 Å². The van der Waals surface area contributed by atoms with Crippen LogP contribution in [0.15, 0.2) is 76.5 Å². The summed E-state index contributed by atoms with van der Waals surface area (Å²) in [6, 6.07) is 16.2. The van der Waals surface area contributed by atoms with Gasteiger partial charge < -0.3 is 14.8 Å². The summed E-state index contributed by atoms with van der Waals surface area (Å²) < 4.78 is 65.4. The van der Waals surface area contributed by atoms with E-state index in [0.29, 0.717) is 34.1 Å². The van der Waals surface area contributed by atoms with Crippen molar-refractivity contribution in [3.63, 3.8) is 0 Å². The van der Waals surface area contributed by atoms with E-state index in [1.807, 2.05) is 0 Å². The number of nitrogens with one attached hydrogen (secondary N) is 1. The number of hydrogen-bond acceptors (Lipinski definition) is 7. The molecule has 0 saturated heterocycles. The Labute approximate surface area is 217 Å². The van der Waals surface area contributed by atoms with Crippen molar-refractivity contribution in [2.75, 3.05) is 25.1 Å². The van der Waals surface area contributed by atoms with Gasteiger partial charge >= 0.3 is 0 Å². The Morgan fingerprint density at radius 3 is 2.24 bits per heavy atom. The highest BCUT2D eigenvalue weighted by Crippen LogP contribution is 2.32. The Kier molecular flexibility index (Phi) is 7.86. The van der Waals surface area contributed by atoms with Gasteiger partial charge in [0.2, 0.25) is 0 Å². The molecule has 1 aliphatic rings. The monoisotopic (exact) mass is 544 g/mol. The summed E-state index contributed by atoms with van der Waals surface area (Å²) in [4.78, 5) is 12.5. The van der Waals surface area contributed by atoms with E-state index >= 15 is 0 Å². The number of hydrogen-bond donors (Lipinski definition) is 1. The third kappa shape index (κ3) is 5.79. The van der Waals surface area contributed by atoms with Crippen molar-refractivity contribution < 1.29 is 31.1 Å². The average Bonchev–Trinajstić information content (AvgIpc) is 3.12. The zero-order chi connectivity index (χ0) is 26.6. The van der Waals surface area contributed by atoms with Crippen LogP contribution in [0.1, 0.15) is 35.7 Å². The minimum Gasteiger partial charge on any atom is -0.490 e. The molecule has 3 aromatic rings. The predicted molar refractivity (Wildman–Crippen MR) is 139 cm³/mol. The second-order valence-corrected chi connectivity index (χ2v) is 12.5. The minimum absolute atomic E-state index is 0.0531. The molecule has 4 rings (SSSR count). The number of benzene rings is 3. The van der Waals surface area contributed by atoms with Gasteiger partial charge in [-0.1, -0.05) is 34.4 Å². The highest BCUT2D eigenvalue weighted by atomic mass is 32.3. The predicted octanol–water partition coefficient (Wildman–Crippen LogP) is 4.20. The summed E-state index contributed by atoms with van der Waals surface area (Å²) in [7, 11) is -8.86. The zero-order valence-corrected chi connectivity index (χ0v) is 22.1. The molecule has 1 aliphatic heterocycles. The van der Waals surface area contributed by atoms with Crippen molar-refractivity contribution in [3.8, 4) is 11.5 Å².